The zero-order valence-electron chi connectivity index (χ0n) is 22.6. The van der Waals surface area contributed by atoms with E-state index in [2.05, 4.69) is 36.6 Å². The second kappa shape index (κ2) is 10.1. The summed E-state index contributed by atoms with van der Waals surface area (Å²) >= 11 is 2.12. The van der Waals surface area contributed by atoms with Crippen LogP contribution in [-0.4, -0.2) is 53.9 Å². The van der Waals surface area contributed by atoms with E-state index in [0.717, 1.165) is 62.2 Å². The molecule has 1 aliphatic heterocycles. The van der Waals surface area contributed by atoms with Gasteiger partial charge in [-0.15, -0.1) is 0 Å². The molecule has 1 N–H and O–H groups in total. The first kappa shape index (κ1) is 25.5. The highest BCUT2D eigenvalue weighted by Gasteiger charge is 2.64. The molecule has 1 aromatic rings. The Balaban J connectivity index is 1.06. The molecule has 0 bridgehead atoms. The van der Waals surface area contributed by atoms with Gasteiger partial charge in [-0.25, -0.2) is 0 Å². The average Bonchev–Trinajstić information content (AvgIpc) is 3.64. The summed E-state index contributed by atoms with van der Waals surface area (Å²) in [7, 11) is 0. The van der Waals surface area contributed by atoms with Gasteiger partial charge in [0.15, 0.2) is 0 Å². The first-order chi connectivity index (χ1) is 17.4. The van der Waals surface area contributed by atoms with Crippen molar-refractivity contribution in [3.05, 3.63) is 35.8 Å². The van der Waals surface area contributed by atoms with Crippen LogP contribution in [0.1, 0.15) is 83.6 Å². The predicted molar refractivity (Wildman–Crippen MR) is 147 cm³/mol. The number of rotatable bonds is 8. The zero-order valence-corrected chi connectivity index (χ0v) is 23.4. The molecule has 4 nitrogen and oxygen atoms in total. The van der Waals surface area contributed by atoms with Gasteiger partial charge < -0.3 is 19.2 Å². The van der Waals surface area contributed by atoms with Crippen molar-refractivity contribution in [2.45, 2.75) is 88.9 Å². The molecule has 1 saturated heterocycles. The Morgan fingerprint density at radius 2 is 1.89 bits per heavy atom. The summed E-state index contributed by atoms with van der Waals surface area (Å²) in [6, 6.07) is 2.00. The fraction of sp³-hybridized carbons (Fsp3) is 0.806. The Labute approximate surface area is 222 Å². The van der Waals surface area contributed by atoms with E-state index in [1.807, 2.05) is 6.07 Å². The number of hydrogen-bond donors (Lipinski definition) is 1. The molecule has 0 amide bonds. The number of likely N-dealkylation sites (tertiary alicyclic amines) is 1. The molecule has 200 valence electrons. The van der Waals surface area contributed by atoms with Crippen LogP contribution in [0.25, 0.3) is 0 Å². The Morgan fingerprint density at radius 3 is 2.69 bits per heavy atom. The summed E-state index contributed by atoms with van der Waals surface area (Å²) in [5, 5.41) is 12.6. The van der Waals surface area contributed by atoms with E-state index in [-0.39, 0.29) is 5.41 Å². The maximum absolute atomic E-state index is 11.9. The number of aliphatic hydroxyl groups is 1. The van der Waals surface area contributed by atoms with Gasteiger partial charge in [0.25, 0.3) is 0 Å². The first-order valence-electron chi connectivity index (χ1n) is 14.8. The summed E-state index contributed by atoms with van der Waals surface area (Å²) in [5.41, 5.74) is 2.37. The predicted octanol–water partition coefficient (Wildman–Crippen LogP) is 6.64. The minimum Gasteiger partial charge on any atom is -0.472 e. The minimum absolute atomic E-state index is 0.0303. The van der Waals surface area contributed by atoms with Crippen LogP contribution in [0.3, 0.4) is 0 Å². The van der Waals surface area contributed by atoms with Crippen LogP contribution >= 0.6 is 11.8 Å². The van der Waals surface area contributed by atoms with E-state index in [1.54, 1.807) is 18.1 Å². The lowest BCUT2D eigenvalue weighted by Gasteiger charge is -2.59. The Kier molecular flexibility index (Phi) is 7.16. The summed E-state index contributed by atoms with van der Waals surface area (Å²) in [5.74, 6) is 3.27. The lowest BCUT2D eigenvalue weighted by Crippen LogP contribution is -2.53. The Hall–Kier alpha value is -0.750. The molecule has 4 aliphatic carbocycles. The molecule has 5 aliphatic rings. The molecule has 6 rings (SSSR count). The zero-order chi connectivity index (χ0) is 24.8. The van der Waals surface area contributed by atoms with Gasteiger partial charge in [0.2, 0.25) is 0 Å². The molecule has 36 heavy (non-hydrogen) atoms. The van der Waals surface area contributed by atoms with Crippen molar-refractivity contribution >= 4 is 11.8 Å². The third-order valence-electron chi connectivity index (χ3n) is 11.5. The van der Waals surface area contributed by atoms with E-state index < -0.39 is 5.60 Å². The minimum atomic E-state index is -0.725. The SMILES string of the molecule is C[C@]12CC[C@H](SCCOCCN3CCCC3)C=C1CC[C@@H]1[C@@H]2CC[C@@]2(C)[C@H]1CC[C@@]2(O)c1ccoc1. The van der Waals surface area contributed by atoms with Gasteiger partial charge in [-0.1, -0.05) is 25.5 Å². The molecular weight excluding hydrogens is 466 g/mol. The molecule has 4 fully saturated rings. The average molecular weight is 514 g/mol. The van der Waals surface area contributed by atoms with Gasteiger partial charge in [-0.05, 0) is 107 Å². The maximum Gasteiger partial charge on any atom is 0.0983 e. The van der Waals surface area contributed by atoms with Crippen molar-refractivity contribution in [2.24, 2.45) is 28.6 Å². The quantitative estimate of drug-likeness (QED) is 0.312. The molecule has 0 unspecified atom stereocenters. The number of allylic oxidation sites excluding steroid dienone is 1. The van der Waals surface area contributed by atoms with Crippen molar-refractivity contribution in [2.75, 3.05) is 38.6 Å². The number of nitrogens with zero attached hydrogens (tertiary/aromatic N) is 1. The van der Waals surface area contributed by atoms with E-state index in [9.17, 15) is 5.11 Å². The summed E-state index contributed by atoms with van der Waals surface area (Å²) in [4.78, 5) is 2.54. The van der Waals surface area contributed by atoms with E-state index in [4.69, 9.17) is 9.15 Å². The van der Waals surface area contributed by atoms with Crippen LogP contribution in [-0.2, 0) is 10.3 Å². The smallest absolute Gasteiger partial charge is 0.0983 e. The van der Waals surface area contributed by atoms with E-state index >= 15 is 0 Å². The van der Waals surface area contributed by atoms with E-state index in [1.165, 1.54) is 58.0 Å². The molecule has 0 spiro atoms. The standard InChI is InChI=1S/C31H47NO3S/c1-29-11-7-25(36-20-19-34-18-16-32-14-3-4-15-32)21-23(29)5-6-26-27(29)8-12-30(2)28(26)9-13-31(30,33)24-10-17-35-22-24/h10,17,21-22,25-28,33H,3-9,11-16,18-20H2,1-2H3/t25-,26+,27-,28-,29-,30-,31+/m0/s1. The van der Waals surface area contributed by atoms with Crippen molar-refractivity contribution < 1.29 is 14.3 Å². The Morgan fingerprint density at radius 1 is 1.06 bits per heavy atom. The highest BCUT2D eigenvalue weighted by atomic mass is 32.2. The van der Waals surface area contributed by atoms with Gasteiger partial charge >= 0.3 is 0 Å². The van der Waals surface area contributed by atoms with Crippen LogP contribution in [0.5, 0.6) is 0 Å². The molecule has 2 heterocycles. The molecule has 3 saturated carbocycles. The number of fused-ring (bicyclic) bond motifs is 5. The second-order valence-corrected chi connectivity index (χ2v) is 14.3. The highest BCUT2D eigenvalue weighted by molar-refractivity contribution is 8.00. The molecule has 7 atom stereocenters. The third kappa shape index (κ3) is 4.25. The number of thioether (sulfide) groups is 1. The summed E-state index contributed by atoms with van der Waals surface area (Å²) in [6.45, 7) is 10.4. The van der Waals surface area contributed by atoms with Crippen molar-refractivity contribution in [1.29, 1.82) is 0 Å². The highest BCUT2D eigenvalue weighted by Crippen LogP contribution is 2.69. The summed E-state index contributed by atoms with van der Waals surface area (Å²) < 4.78 is 11.4. The fourth-order valence-electron chi connectivity index (χ4n) is 9.38. The second-order valence-electron chi connectivity index (χ2n) is 13.0. The summed E-state index contributed by atoms with van der Waals surface area (Å²) in [6.07, 6.45) is 18.6. The van der Waals surface area contributed by atoms with Crippen LogP contribution in [0.2, 0.25) is 0 Å². The largest absolute Gasteiger partial charge is 0.472 e. The third-order valence-corrected chi connectivity index (χ3v) is 12.7. The lowest BCUT2D eigenvalue weighted by molar-refractivity contribution is -0.132. The topological polar surface area (TPSA) is 45.8 Å². The molecule has 1 aromatic heterocycles. The van der Waals surface area contributed by atoms with Crippen LogP contribution in [0.4, 0.5) is 0 Å². The van der Waals surface area contributed by atoms with Crippen molar-refractivity contribution in [3.63, 3.8) is 0 Å². The van der Waals surface area contributed by atoms with Crippen molar-refractivity contribution in [3.8, 4) is 0 Å². The molecule has 5 heteroatoms. The van der Waals surface area contributed by atoms with Crippen molar-refractivity contribution in [1.82, 2.24) is 4.90 Å². The monoisotopic (exact) mass is 513 g/mol. The van der Waals surface area contributed by atoms with Gasteiger partial charge in [0, 0.05) is 28.5 Å². The molecule has 0 aromatic carbocycles. The van der Waals surface area contributed by atoms with Gasteiger partial charge in [-0.3, -0.25) is 0 Å². The van der Waals surface area contributed by atoms with Gasteiger partial charge in [0.05, 0.1) is 31.3 Å². The van der Waals surface area contributed by atoms with Crippen LogP contribution < -0.4 is 0 Å². The van der Waals surface area contributed by atoms with E-state index in [0.29, 0.717) is 16.6 Å². The number of furan rings is 1. The number of hydrogen-bond acceptors (Lipinski definition) is 5. The van der Waals surface area contributed by atoms with Crippen LogP contribution in [0, 0.1) is 28.6 Å². The normalized spacial score (nSPS) is 42.6. The van der Waals surface area contributed by atoms with Crippen LogP contribution in [0.15, 0.2) is 34.7 Å². The fourth-order valence-corrected chi connectivity index (χ4v) is 10.4. The molecular formula is C31H47NO3S. The molecule has 0 radical (unpaired) electrons. The maximum atomic E-state index is 11.9. The first-order valence-corrected chi connectivity index (χ1v) is 15.9. The lowest BCUT2D eigenvalue weighted by atomic mass is 9.46. The Bertz CT molecular complexity index is 926. The number of ether oxygens (including phenoxy) is 1. The van der Waals surface area contributed by atoms with Gasteiger partial charge in [-0.2, -0.15) is 11.8 Å². The van der Waals surface area contributed by atoms with Gasteiger partial charge in [0.1, 0.15) is 0 Å².